The van der Waals surface area contributed by atoms with Crippen LogP contribution in [0.1, 0.15) is 32.4 Å². The van der Waals surface area contributed by atoms with E-state index in [9.17, 15) is 4.39 Å². The number of nitrogens with two attached hydrogens (primary N) is 1. The fourth-order valence-corrected chi connectivity index (χ4v) is 3.16. The van der Waals surface area contributed by atoms with E-state index in [1.165, 1.54) is 13.2 Å². The number of hydrogen-bond donors (Lipinski definition) is 2. The molecule has 2 rings (SSSR count). The molecular weight excluding hydrogens is 259 g/mol. The highest BCUT2D eigenvalue weighted by atomic mass is 19.1. The topological polar surface area (TPSA) is 56.5 Å². The second-order valence-corrected chi connectivity index (χ2v) is 5.51. The van der Waals surface area contributed by atoms with Crippen LogP contribution in [0.5, 0.6) is 5.75 Å². The minimum atomic E-state index is -0.314. The number of halogens is 1. The van der Waals surface area contributed by atoms with Gasteiger partial charge in [0.15, 0.2) is 0 Å². The van der Waals surface area contributed by atoms with E-state index in [-0.39, 0.29) is 30.0 Å². The first kappa shape index (κ1) is 15.2. The third-order valence-electron chi connectivity index (χ3n) is 4.43. The van der Waals surface area contributed by atoms with Crippen LogP contribution in [0.4, 0.5) is 4.39 Å². The molecule has 0 radical (unpaired) electrons. The summed E-state index contributed by atoms with van der Waals surface area (Å²) in [6.07, 6.45) is 0.176. The van der Waals surface area contributed by atoms with E-state index in [2.05, 4.69) is 12.3 Å². The van der Waals surface area contributed by atoms with Gasteiger partial charge in [0.25, 0.3) is 0 Å². The van der Waals surface area contributed by atoms with Crippen LogP contribution in [-0.4, -0.2) is 19.3 Å². The Labute approximate surface area is 119 Å². The molecule has 4 nitrogen and oxygen atoms in total. The van der Waals surface area contributed by atoms with E-state index in [1.54, 1.807) is 12.1 Å². The number of benzene rings is 1. The van der Waals surface area contributed by atoms with E-state index in [1.807, 2.05) is 13.8 Å². The van der Waals surface area contributed by atoms with Crippen LogP contribution >= 0.6 is 0 Å². The third kappa shape index (κ3) is 2.66. The number of hydrogen-bond acceptors (Lipinski definition) is 4. The normalized spacial score (nSPS) is 31.3. The lowest BCUT2D eigenvalue weighted by atomic mass is 9.80. The molecule has 1 saturated heterocycles. The zero-order valence-corrected chi connectivity index (χ0v) is 12.4. The van der Waals surface area contributed by atoms with Crippen molar-refractivity contribution in [3.8, 4) is 5.75 Å². The van der Waals surface area contributed by atoms with Crippen LogP contribution in [0.15, 0.2) is 18.2 Å². The first-order valence-corrected chi connectivity index (χ1v) is 6.94. The molecule has 3 N–H and O–H groups in total. The predicted molar refractivity (Wildman–Crippen MR) is 75.7 cm³/mol. The molecule has 0 aromatic heterocycles. The van der Waals surface area contributed by atoms with Crippen molar-refractivity contribution >= 4 is 0 Å². The first-order chi connectivity index (χ1) is 9.49. The van der Waals surface area contributed by atoms with Crippen LogP contribution in [0.25, 0.3) is 0 Å². The molecule has 0 spiro atoms. The van der Waals surface area contributed by atoms with Gasteiger partial charge >= 0.3 is 0 Å². The highest BCUT2D eigenvalue weighted by Gasteiger charge is 2.42. The van der Waals surface area contributed by atoms with Crippen LogP contribution in [0, 0.1) is 17.7 Å². The lowest BCUT2D eigenvalue weighted by Gasteiger charge is -2.29. The van der Waals surface area contributed by atoms with Crippen molar-refractivity contribution in [2.24, 2.45) is 17.7 Å². The Hall–Kier alpha value is -1.17. The van der Waals surface area contributed by atoms with Gasteiger partial charge in [0.1, 0.15) is 11.6 Å². The number of rotatable bonds is 4. The molecule has 112 valence electrons. The van der Waals surface area contributed by atoms with Gasteiger partial charge in [-0.3, -0.25) is 11.3 Å². The van der Waals surface area contributed by atoms with Crippen LogP contribution in [0.2, 0.25) is 0 Å². The quantitative estimate of drug-likeness (QED) is 0.657. The van der Waals surface area contributed by atoms with Crippen molar-refractivity contribution in [3.63, 3.8) is 0 Å². The van der Waals surface area contributed by atoms with Crippen molar-refractivity contribution in [3.05, 3.63) is 29.6 Å². The summed E-state index contributed by atoms with van der Waals surface area (Å²) in [6.45, 7) is 6.17. The Morgan fingerprint density at radius 2 is 2.00 bits per heavy atom. The first-order valence-electron chi connectivity index (χ1n) is 6.94. The Balaban J connectivity index is 2.33. The molecule has 5 atom stereocenters. The predicted octanol–water partition coefficient (Wildman–Crippen LogP) is 2.40. The molecule has 0 saturated carbocycles. The van der Waals surface area contributed by atoms with Crippen LogP contribution in [-0.2, 0) is 4.74 Å². The van der Waals surface area contributed by atoms with Gasteiger partial charge in [-0.25, -0.2) is 4.39 Å². The molecular formula is C15H23FN2O2. The van der Waals surface area contributed by atoms with Crippen molar-refractivity contribution in [2.75, 3.05) is 7.11 Å². The second-order valence-electron chi connectivity index (χ2n) is 5.51. The maximum Gasteiger partial charge on any atom is 0.131 e. The highest BCUT2D eigenvalue weighted by Crippen LogP contribution is 2.41. The molecule has 0 aliphatic carbocycles. The summed E-state index contributed by atoms with van der Waals surface area (Å²) in [6, 6.07) is 4.57. The molecule has 1 aliphatic heterocycles. The van der Waals surface area contributed by atoms with Crippen LogP contribution < -0.4 is 16.0 Å². The van der Waals surface area contributed by atoms with Gasteiger partial charge in [-0.05, 0) is 25.8 Å². The molecule has 1 fully saturated rings. The molecule has 5 heteroatoms. The van der Waals surface area contributed by atoms with E-state index in [0.29, 0.717) is 17.2 Å². The average molecular weight is 282 g/mol. The summed E-state index contributed by atoms with van der Waals surface area (Å²) >= 11 is 0. The van der Waals surface area contributed by atoms with Crippen molar-refractivity contribution in [2.45, 2.75) is 39.0 Å². The summed E-state index contributed by atoms with van der Waals surface area (Å²) in [7, 11) is 1.52. The summed E-state index contributed by atoms with van der Waals surface area (Å²) in [4.78, 5) is 0. The molecule has 1 heterocycles. The zero-order chi connectivity index (χ0) is 14.9. The summed E-state index contributed by atoms with van der Waals surface area (Å²) in [5.74, 6) is 6.30. The minimum absolute atomic E-state index is 0.0301. The number of ether oxygens (including phenoxy) is 2. The number of nitrogens with one attached hydrogen (secondary N) is 1. The SMILES string of the molecule is COc1ccc(C(NN)C2C(C)OC(C)C2C)c(F)c1. The molecule has 1 aromatic carbocycles. The van der Waals surface area contributed by atoms with Gasteiger partial charge in [-0.15, -0.1) is 0 Å². The van der Waals surface area contributed by atoms with Gasteiger partial charge in [0, 0.05) is 17.5 Å². The third-order valence-corrected chi connectivity index (χ3v) is 4.43. The standard InChI is InChI=1S/C15H23FN2O2/c1-8-9(2)20-10(3)14(8)15(18-17)12-6-5-11(19-4)7-13(12)16/h5-10,14-15,18H,17H2,1-4H3. The smallest absolute Gasteiger partial charge is 0.131 e. The van der Waals surface area contributed by atoms with E-state index >= 15 is 0 Å². The lowest BCUT2D eigenvalue weighted by Crippen LogP contribution is -2.39. The number of hydrazine groups is 1. The number of methoxy groups -OCH3 is 1. The van der Waals surface area contributed by atoms with Gasteiger partial charge in [0.2, 0.25) is 0 Å². The minimum Gasteiger partial charge on any atom is -0.497 e. The maximum atomic E-state index is 14.3. The monoisotopic (exact) mass is 282 g/mol. The maximum absolute atomic E-state index is 14.3. The van der Waals surface area contributed by atoms with E-state index in [0.717, 1.165) is 0 Å². The van der Waals surface area contributed by atoms with E-state index in [4.69, 9.17) is 15.3 Å². The highest BCUT2D eigenvalue weighted by molar-refractivity contribution is 5.31. The Kier molecular flexibility index (Phi) is 4.62. The average Bonchev–Trinajstić information content (AvgIpc) is 2.67. The van der Waals surface area contributed by atoms with E-state index < -0.39 is 0 Å². The van der Waals surface area contributed by atoms with Crippen molar-refractivity contribution in [1.82, 2.24) is 5.43 Å². The fourth-order valence-electron chi connectivity index (χ4n) is 3.16. The zero-order valence-electron chi connectivity index (χ0n) is 12.4. The summed E-state index contributed by atoms with van der Waals surface area (Å²) < 4.78 is 25.1. The van der Waals surface area contributed by atoms with Gasteiger partial charge in [0.05, 0.1) is 25.4 Å². The molecule has 5 unspecified atom stereocenters. The molecule has 0 amide bonds. The van der Waals surface area contributed by atoms with Gasteiger partial charge < -0.3 is 9.47 Å². The van der Waals surface area contributed by atoms with Crippen LogP contribution in [0.3, 0.4) is 0 Å². The van der Waals surface area contributed by atoms with Crippen molar-refractivity contribution < 1.29 is 13.9 Å². The van der Waals surface area contributed by atoms with Crippen molar-refractivity contribution in [1.29, 1.82) is 0 Å². The van der Waals surface area contributed by atoms with Gasteiger partial charge in [-0.1, -0.05) is 13.0 Å². The Morgan fingerprint density at radius 1 is 1.30 bits per heavy atom. The second kappa shape index (κ2) is 6.08. The fraction of sp³-hybridized carbons (Fsp3) is 0.600. The molecule has 0 bridgehead atoms. The van der Waals surface area contributed by atoms with Gasteiger partial charge in [-0.2, -0.15) is 0 Å². The Morgan fingerprint density at radius 3 is 2.45 bits per heavy atom. The largest absolute Gasteiger partial charge is 0.497 e. The molecule has 20 heavy (non-hydrogen) atoms. The lowest BCUT2D eigenvalue weighted by molar-refractivity contribution is 0.0473. The molecule has 1 aliphatic rings. The Bertz CT molecular complexity index is 469. The summed E-state index contributed by atoms with van der Waals surface area (Å²) in [5.41, 5.74) is 3.31. The molecule has 1 aromatic rings. The summed E-state index contributed by atoms with van der Waals surface area (Å²) in [5, 5.41) is 0.